The molecule has 0 spiro atoms. The van der Waals surface area contributed by atoms with Gasteiger partial charge in [-0.15, -0.1) is 11.3 Å². The topological polar surface area (TPSA) is 77.0 Å². The lowest BCUT2D eigenvalue weighted by molar-refractivity contribution is 0.0587. The zero-order valence-electron chi connectivity index (χ0n) is 10.7. The van der Waals surface area contributed by atoms with E-state index in [1.54, 1.807) is 17.4 Å². The van der Waals surface area contributed by atoms with Gasteiger partial charge in [0.1, 0.15) is 10.8 Å². The number of carbonyl (C=O) groups excluding carboxylic acids is 1. The number of methoxy groups -OCH3 is 1. The van der Waals surface area contributed by atoms with E-state index < -0.39 is 5.97 Å². The minimum Gasteiger partial charge on any atom is -0.463 e. The fourth-order valence-electron chi connectivity index (χ4n) is 1.41. The van der Waals surface area contributed by atoms with Crippen molar-refractivity contribution >= 4 is 23.1 Å². The molecule has 2 heterocycles. The predicted molar refractivity (Wildman–Crippen MR) is 72.2 cm³/mol. The second kappa shape index (κ2) is 6.24. The summed E-state index contributed by atoms with van der Waals surface area (Å²) in [6.07, 6.45) is 4.38. The summed E-state index contributed by atoms with van der Waals surface area (Å²) < 4.78 is 4.57. The Balaban J connectivity index is 2.01. The van der Waals surface area contributed by atoms with Gasteiger partial charge in [0, 0.05) is 17.3 Å². The van der Waals surface area contributed by atoms with E-state index in [1.165, 1.54) is 18.2 Å². The Kier molecular flexibility index (Phi) is 4.40. The Morgan fingerprint density at radius 2 is 2.32 bits per heavy atom. The molecule has 0 aliphatic rings. The smallest absolute Gasteiger partial charge is 0.376 e. The normalized spacial score (nSPS) is 10.2. The van der Waals surface area contributed by atoms with Gasteiger partial charge < -0.3 is 10.1 Å². The minimum atomic E-state index is -0.550. The van der Waals surface area contributed by atoms with Crippen LogP contribution in [0.2, 0.25) is 0 Å². The molecule has 7 heteroatoms. The molecule has 6 nitrogen and oxygen atoms in total. The van der Waals surface area contributed by atoms with Crippen LogP contribution >= 0.6 is 11.3 Å². The maximum atomic E-state index is 11.3. The Labute approximate surface area is 114 Å². The van der Waals surface area contributed by atoms with Gasteiger partial charge in [-0.1, -0.05) is 6.92 Å². The van der Waals surface area contributed by atoms with Crippen molar-refractivity contribution in [1.82, 2.24) is 15.0 Å². The van der Waals surface area contributed by atoms with Crippen molar-refractivity contribution in [2.75, 3.05) is 12.4 Å². The number of anilines is 1. The lowest BCUT2D eigenvalue weighted by Crippen LogP contribution is -2.09. The number of hydrogen-bond donors (Lipinski definition) is 1. The second-order valence-corrected chi connectivity index (χ2v) is 4.88. The Morgan fingerprint density at radius 3 is 3.00 bits per heavy atom. The largest absolute Gasteiger partial charge is 0.463 e. The molecular formula is C12H14N4O2S. The highest BCUT2D eigenvalue weighted by atomic mass is 32.1. The fourth-order valence-corrected chi connectivity index (χ4v) is 2.21. The number of thiazole rings is 1. The van der Waals surface area contributed by atoms with Crippen molar-refractivity contribution in [3.8, 4) is 0 Å². The van der Waals surface area contributed by atoms with Crippen LogP contribution in [0.25, 0.3) is 0 Å². The summed E-state index contributed by atoms with van der Waals surface area (Å²) >= 11 is 1.66. The monoisotopic (exact) mass is 278 g/mol. The van der Waals surface area contributed by atoms with Crippen LogP contribution in [0.5, 0.6) is 0 Å². The molecule has 0 bridgehead atoms. The van der Waals surface area contributed by atoms with E-state index in [-0.39, 0.29) is 5.82 Å². The highest BCUT2D eigenvalue weighted by Crippen LogP contribution is 2.14. The van der Waals surface area contributed by atoms with Gasteiger partial charge >= 0.3 is 5.97 Å². The third-order valence-electron chi connectivity index (χ3n) is 2.39. The molecule has 0 atom stereocenters. The zero-order valence-corrected chi connectivity index (χ0v) is 11.5. The van der Waals surface area contributed by atoms with Crippen LogP contribution in [-0.2, 0) is 17.7 Å². The van der Waals surface area contributed by atoms with Crippen molar-refractivity contribution < 1.29 is 9.53 Å². The van der Waals surface area contributed by atoms with E-state index in [4.69, 9.17) is 0 Å². The standard InChI is InChI=1S/C12H14N4O2S/c1-3-8-6-15-10(19-8)7-14-9-4-5-13-11(16-9)12(17)18-2/h4-6H,3,7H2,1-2H3,(H,13,14,16). The first-order valence-electron chi connectivity index (χ1n) is 5.81. The number of ether oxygens (including phenoxy) is 1. The van der Waals surface area contributed by atoms with E-state index in [0.29, 0.717) is 12.4 Å². The number of esters is 1. The average molecular weight is 278 g/mol. The maximum absolute atomic E-state index is 11.3. The first-order valence-corrected chi connectivity index (χ1v) is 6.63. The summed E-state index contributed by atoms with van der Waals surface area (Å²) in [4.78, 5) is 24.7. The van der Waals surface area contributed by atoms with Crippen molar-refractivity contribution in [3.05, 3.63) is 34.2 Å². The quantitative estimate of drug-likeness (QED) is 0.842. The van der Waals surface area contributed by atoms with Crippen LogP contribution in [0.3, 0.4) is 0 Å². The molecule has 0 amide bonds. The van der Waals surface area contributed by atoms with E-state index in [1.807, 2.05) is 6.20 Å². The zero-order chi connectivity index (χ0) is 13.7. The van der Waals surface area contributed by atoms with Crippen molar-refractivity contribution in [2.45, 2.75) is 19.9 Å². The van der Waals surface area contributed by atoms with E-state index in [2.05, 4.69) is 31.9 Å². The van der Waals surface area contributed by atoms with Gasteiger partial charge in [0.15, 0.2) is 0 Å². The molecule has 0 unspecified atom stereocenters. The summed E-state index contributed by atoms with van der Waals surface area (Å²) in [6, 6.07) is 1.70. The average Bonchev–Trinajstić information content (AvgIpc) is 2.92. The summed E-state index contributed by atoms with van der Waals surface area (Å²) in [5.74, 6) is 0.0655. The Bertz CT molecular complexity index is 570. The van der Waals surface area contributed by atoms with E-state index in [9.17, 15) is 4.79 Å². The van der Waals surface area contributed by atoms with Crippen LogP contribution in [0.15, 0.2) is 18.5 Å². The molecular weight excluding hydrogens is 264 g/mol. The molecule has 0 aromatic carbocycles. The van der Waals surface area contributed by atoms with E-state index >= 15 is 0 Å². The number of rotatable bonds is 5. The van der Waals surface area contributed by atoms with Gasteiger partial charge in [0.2, 0.25) is 5.82 Å². The number of aromatic nitrogens is 3. The molecule has 0 saturated carbocycles. The molecule has 2 rings (SSSR count). The Hall–Kier alpha value is -2.02. The number of carbonyl (C=O) groups is 1. The summed E-state index contributed by atoms with van der Waals surface area (Å²) in [6.45, 7) is 2.67. The molecule has 0 fully saturated rings. The maximum Gasteiger partial charge on any atom is 0.376 e. The summed E-state index contributed by atoms with van der Waals surface area (Å²) in [7, 11) is 1.30. The van der Waals surface area contributed by atoms with Gasteiger partial charge in [0.05, 0.1) is 13.7 Å². The lowest BCUT2D eigenvalue weighted by atomic mass is 10.4. The molecule has 19 heavy (non-hydrogen) atoms. The molecule has 0 aliphatic carbocycles. The third kappa shape index (κ3) is 3.47. The molecule has 0 saturated heterocycles. The van der Waals surface area contributed by atoms with Crippen LogP contribution < -0.4 is 5.32 Å². The molecule has 100 valence electrons. The number of hydrogen-bond acceptors (Lipinski definition) is 7. The fraction of sp³-hybridized carbons (Fsp3) is 0.333. The summed E-state index contributed by atoms with van der Waals surface area (Å²) in [5, 5.41) is 4.09. The van der Waals surface area contributed by atoms with Crippen LogP contribution in [0.1, 0.15) is 27.4 Å². The van der Waals surface area contributed by atoms with Gasteiger partial charge in [-0.3, -0.25) is 0 Å². The van der Waals surface area contributed by atoms with Crippen molar-refractivity contribution in [2.24, 2.45) is 0 Å². The van der Waals surface area contributed by atoms with Crippen molar-refractivity contribution in [1.29, 1.82) is 0 Å². The first-order chi connectivity index (χ1) is 9.22. The molecule has 2 aromatic heterocycles. The minimum absolute atomic E-state index is 0.0425. The van der Waals surface area contributed by atoms with E-state index in [0.717, 1.165) is 11.4 Å². The molecule has 2 aromatic rings. The lowest BCUT2D eigenvalue weighted by Gasteiger charge is -2.04. The molecule has 0 aliphatic heterocycles. The number of nitrogens with one attached hydrogen (secondary N) is 1. The second-order valence-electron chi connectivity index (χ2n) is 3.68. The molecule has 0 radical (unpaired) electrons. The van der Waals surface area contributed by atoms with Crippen LogP contribution in [0, 0.1) is 0 Å². The predicted octanol–water partition coefficient (Wildman–Crippen LogP) is 1.89. The van der Waals surface area contributed by atoms with Crippen molar-refractivity contribution in [3.63, 3.8) is 0 Å². The number of nitrogens with zero attached hydrogens (tertiary/aromatic N) is 3. The Morgan fingerprint density at radius 1 is 1.47 bits per heavy atom. The highest BCUT2D eigenvalue weighted by molar-refractivity contribution is 7.11. The van der Waals surface area contributed by atoms with Crippen LogP contribution in [0.4, 0.5) is 5.82 Å². The van der Waals surface area contributed by atoms with Gasteiger partial charge in [-0.05, 0) is 12.5 Å². The van der Waals surface area contributed by atoms with Gasteiger partial charge in [-0.25, -0.2) is 19.7 Å². The first kappa shape index (κ1) is 13.4. The SMILES string of the molecule is CCc1cnc(CNc2ccnc(C(=O)OC)n2)s1. The highest BCUT2D eigenvalue weighted by Gasteiger charge is 2.09. The van der Waals surface area contributed by atoms with Gasteiger partial charge in [0.25, 0.3) is 0 Å². The summed E-state index contributed by atoms with van der Waals surface area (Å²) in [5.41, 5.74) is 0. The third-order valence-corrected chi connectivity index (χ3v) is 3.54. The number of aryl methyl sites for hydroxylation is 1. The van der Waals surface area contributed by atoms with Gasteiger partial charge in [-0.2, -0.15) is 0 Å². The molecule has 1 N–H and O–H groups in total. The van der Waals surface area contributed by atoms with Crippen LogP contribution in [-0.4, -0.2) is 28.0 Å².